The van der Waals surface area contributed by atoms with Gasteiger partial charge < -0.3 is 16.4 Å². The highest BCUT2D eigenvalue weighted by Crippen LogP contribution is 2.50. The number of nitrogens with two attached hydrogens (primary N) is 2. The third-order valence-electron chi connectivity index (χ3n) is 6.39. The van der Waals surface area contributed by atoms with E-state index in [2.05, 4.69) is 44.1 Å². The molecule has 1 fully saturated rings. The third-order valence-corrected chi connectivity index (χ3v) is 7.87. The van der Waals surface area contributed by atoms with Crippen LogP contribution in [0.3, 0.4) is 0 Å². The van der Waals surface area contributed by atoms with Crippen LogP contribution in [0.4, 0.5) is 11.6 Å². The third kappa shape index (κ3) is 3.41. The Morgan fingerprint density at radius 2 is 1.87 bits per heavy atom. The Kier molecular flexibility index (Phi) is 5.05. The topological polar surface area (TPSA) is 94.0 Å². The van der Waals surface area contributed by atoms with Gasteiger partial charge in [0.05, 0.1) is 17.4 Å². The van der Waals surface area contributed by atoms with Crippen molar-refractivity contribution in [2.24, 2.45) is 11.1 Å². The van der Waals surface area contributed by atoms with Crippen molar-refractivity contribution in [3.05, 3.63) is 65.1 Å². The van der Waals surface area contributed by atoms with Crippen LogP contribution >= 0.6 is 23.4 Å². The average molecular weight is 439 g/mol. The van der Waals surface area contributed by atoms with Gasteiger partial charge in [0, 0.05) is 30.2 Å². The van der Waals surface area contributed by atoms with Crippen LogP contribution in [0, 0.1) is 5.41 Å². The maximum atomic E-state index is 6.68. The molecule has 6 nitrogen and oxygen atoms in total. The molecule has 154 valence electrons. The molecule has 2 aromatic heterocycles. The smallest absolute Gasteiger partial charge is 0.147 e. The van der Waals surface area contributed by atoms with Crippen molar-refractivity contribution in [1.29, 1.82) is 0 Å². The molecule has 3 aromatic rings. The molecule has 8 heteroatoms. The quantitative estimate of drug-likeness (QED) is 0.635. The summed E-state index contributed by atoms with van der Waals surface area (Å²) in [7, 11) is 0. The lowest BCUT2D eigenvalue weighted by molar-refractivity contribution is 0.187. The van der Waals surface area contributed by atoms with Crippen LogP contribution in [0.25, 0.3) is 0 Å². The van der Waals surface area contributed by atoms with Crippen molar-refractivity contribution >= 4 is 35.0 Å². The lowest BCUT2D eigenvalue weighted by atomic mass is 9.73. The molecule has 1 aromatic carbocycles. The minimum atomic E-state index is 0.123. The Morgan fingerprint density at radius 3 is 2.60 bits per heavy atom. The molecule has 1 aliphatic heterocycles. The first-order valence-corrected chi connectivity index (χ1v) is 11.2. The molecule has 4 N–H and O–H groups in total. The van der Waals surface area contributed by atoms with Gasteiger partial charge in [-0.15, -0.1) is 0 Å². The summed E-state index contributed by atoms with van der Waals surface area (Å²) in [4.78, 5) is 16.3. The Morgan fingerprint density at radius 1 is 1.07 bits per heavy atom. The van der Waals surface area contributed by atoms with Crippen LogP contribution in [-0.2, 0) is 6.42 Å². The van der Waals surface area contributed by atoms with E-state index in [-0.39, 0.29) is 11.5 Å². The fourth-order valence-electron chi connectivity index (χ4n) is 4.64. The van der Waals surface area contributed by atoms with Crippen LogP contribution in [0.5, 0.6) is 0 Å². The minimum absolute atomic E-state index is 0.123. The first-order chi connectivity index (χ1) is 14.6. The van der Waals surface area contributed by atoms with Crippen molar-refractivity contribution in [2.45, 2.75) is 35.2 Å². The molecule has 1 saturated heterocycles. The number of hydrogen-bond acceptors (Lipinski definition) is 7. The van der Waals surface area contributed by atoms with E-state index in [4.69, 9.17) is 23.1 Å². The van der Waals surface area contributed by atoms with E-state index >= 15 is 0 Å². The van der Waals surface area contributed by atoms with Crippen molar-refractivity contribution in [3.8, 4) is 0 Å². The van der Waals surface area contributed by atoms with Gasteiger partial charge in [-0.25, -0.2) is 15.0 Å². The zero-order valence-corrected chi connectivity index (χ0v) is 18.0. The predicted octanol–water partition coefficient (Wildman–Crippen LogP) is 4.10. The second-order valence-corrected chi connectivity index (χ2v) is 9.47. The normalized spacial score (nSPS) is 19.8. The Balaban J connectivity index is 1.26. The fraction of sp³-hybridized carbons (Fsp3) is 0.318. The molecular weight excluding hydrogens is 416 g/mol. The van der Waals surface area contributed by atoms with E-state index in [1.807, 2.05) is 12.3 Å². The largest absolute Gasteiger partial charge is 0.382 e. The number of nitrogen functional groups attached to an aromatic ring is 1. The summed E-state index contributed by atoms with van der Waals surface area (Å²) < 4.78 is 0. The van der Waals surface area contributed by atoms with Gasteiger partial charge in [0.15, 0.2) is 0 Å². The number of nitrogens with zero attached hydrogens (tertiary/aromatic N) is 4. The lowest BCUT2D eigenvalue weighted by Crippen LogP contribution is -2.44. The zero-order valence-electron chi connectivity index (χ0n) is 16.5. The van der Waals surface area contributed by atoms with E-state index in [9.17, 15) is 0 Å². The van der Waals surface area contributed by atoms with E-state index in [1.165, 1.54) is 22.9 Å². The Labute approximate surface area is 185 Å². The number of anilines is 2. The molecule has 0 radical (unpaired) electrons. The number of piperidine rings is 1. The van der Waals surface area contributed by atoms with Crippen molar-refractivity contribution in [1.82, 2.24) is 15.0 Å². The van der Waals surface area contributed by atoms with E-state index in [1.54, 1.807) is 12.4 Å². The molecule has 0 saturated carbocycles. The van der Waals surface area contributed by atoms with Gasteiger partial charge >= 0.3 is 0 Å². The summed E-state index contributed by atoms with van der Waals surface area (Å²) in [6.45, 7) is 1.88. The summed E-state index contributed by atoms with van der Waals surface area (Å²) in [5.41, 5.74) is 15.4. The van der Waals surface area contributed by atoms with Gasteiger partial charge in [-0.2, -0.15) is 0 Å². The molecule has 0 unspecified atom stereocenters. The van der Waals surface area contributed by atoms with Gasteiger partial charge in [0.2, 0.25) is 0 Å². The molecule has 1 aliphatic carbocycles. The summed E-state index contributed by atoms with van der Waals surface area (Å²) in [5.74, 6) is 1.22. The summed E-state index contributed by atoms with van der Waals surface area (Å²) >= 11 is 7.66. The number of fused-ring (bicyclic) bond motifs is 1. The van der Waals surface area contributed by atoms with Crippen molar-refractivity contribution < 1.29 is 0 Å². The van der Waals surface area contributed by atoms with Gasteiger partial charge in [0.1, 0.15) is 16.7 Å². The standard InChI is InChI=1S/C22H23ClN6S/c23-19-16(5-8-26-21(19)25)30-18-13-27-17(12-28-18)29-9-6-22(7-10-29)11-14-3-1-2-4-15(14)20(22)24/h1-5,8,12-13,20H,6-7,9-11,24H2,(H2,25,26)/t20-/m0/s1. The van der Waals surface area contributed by atoms with E-state index in [0.29, 0.717) is 10.8 Å². The average Bonchev–Trinajstić information content (AvgIpc) is 3.04. The molecule has 5 rings (SSSR count). The maximum Gasteiger partial charge on any atom is 0.147 e. The van der Waals surface area contributed by atoms with Gasteiger partial charge in [-0.3, -0.25) is 0 Å². The highest BCUT2D eigenvalue weighted by Gasteiger charge is 2.45. The number of halogens is 1. The SMILES string of the molecule is Nc1nccc(Sc2cnc(N3CCC4(CC3)Cc3ccccc3[C@@H]4N)cn2)c1Cl. The Bertz CT molecular complexity index is 1070. The molecule has 1 spiro atoms. The number of benzene rings is 1. The van der Waals surface area contributed by atoms with Gasteiger partial charge in [-0.05, 0) is 41.9 Å². The van der Waals surface area contributed by atoms with Crippen LogP contribution in [-0.4, -0.2) is 28.0 Å². The minimum Gasteiger partial charge on any atom is -0.382 e. The highest BCUT2D eigenvalue weighted by molar-refractivity contribution is 7.99. The molecule has 1 atom stereocenters. The number of hydrogen-bond donors (Lipinski definition) is 2. The molecular formula is C22H23ClN6S. The van der Waals surface area contributed by atoms with E-state index in [0.717, 1.165) is 48.1 Å². The van der Waals surface area contributed by atoms with Crippen LogP contribution in [0.1, 0.15) is 30.0 Å². The van der Waals surface area contributed by atoms with E-state index < -0.39 is 0 Å². The van der Waals surface area contributed by atoms with Crippen LogP contribution < -0.4 is 16.4 Å². The second-order valence-electron chi connectivity index (χ2n) is 8.03. The first kappa shape index (κ1) is 19.6. The second kappa shape index (κ2) is 7.72. The summed E-state index contributed by atoms with van der Waals surface area (Å²) in [6.07, 6.45) is 8.46. The first-order valence-electron chi connectivity index (χ1n) is 10.0. The fourth-order valence-corrected chi connectivity index (χ4v) is 5.63. The maximum absolute atomic E-state index is 6.68. The lowest BCUT2D eigenvalue weighted by Gasteiger charge is -2.42. The number of pyridine rings is 1. The molecule has 2 aliphatic rings. The van der Waals surface area contributed by atoms with Gasteiger partial charge in [0.25, 0.3) is 0 Å². The van der Waals surface area contributed by atoms with Crippen molar-refractivity contribution in [3.63, 3.8) is 0 Å². The van der Waals surface area contributed by atoms with Crippen molar-refractivity contribution in [2.75, 3.05) is 23.7 Å². The predicted molar refractivity (Wildman–Crippen MR) is 121 cm³/mol. The Hall–Kier alpha value is -2.35. The molecule has 0 bridgehead atoms. The van der Waals surface area contributed by atoms with Crippen LogP contribution in [0.2, 0.25) is 5.02 Å². The van der Waals surface area contributed by atoms with Gasteiger partial charge in [-0.1, -0.05) is 47.6 Å². The monoisotopic (exact) mass is 438 g/mol. The van der Waals surface area contributed by atoms with Crippen LogP contribution in [0.15, 0.2) is 58.8 Å². The zero-order chi connectivity index (χ0) is 20.7. The summed E-state index contributed by atoms with van der Waals surface area (Å²) in [6, 6.07) is 10.6. The number of aromatic nitrogens is 3. The molecule has 30 heavy (non-hydrogen) atoms. The highest BCUT2D eigenvalue weighted by atomic mass is 35.5. The number of rotatable bonds is 3. The molecule has 0 amide bonds. The molecule has 3 heterocycles. The summed E-state index contributed by atoms with van der Waals surface area (Å²) in [5, 5.41) is 1.22.